The maximum Gasteiger partial charge on any atom is 0.206 e. The molecule has 0 radical (unpaired) electrons. The summed E-state index contributed by atoms with van der Waals surface area (Å²) in [5, 5.41) is 4.28. The molecule has 4 aromatic rings. The number of aromatic nitrogens is 3. The fraction of sp³-hybridized carbons (Fsp3) is 0.111. The molecular formula is C18H16FN5. The number of imidazole rings is 1. The van der Waals surface area contributed by atoms with Crippen LogP contribution < -0.4 is 11.1 Å². The van der Waals surface area contributed by atoms with E-state index in [-0.39, 0.29) is 5.82 Å². The number of rotatable bonds is 4. The number of benzene rings is 2. The fourth-order valence-electron chi connectivity index (χ4n) is 2.75. The van der Waals surface area contributed by atoms with Gasteiger partial charge in [-0.1, -0.05) is 24.3 Å². The summed E-state index contributed by atoms with van der Waals surface area (Å²) in [6, 6.07) is 14.2. The van der Waals surface area contributed by atoms with E-state index in [2.05, 4.69) is 15.3 Å². The zero-order valence-electron chi connectivity index (χ0n) is 12.9. The zero-order chi connectivity index (χ0) is 16.5. The first-order chi connectivity index (χ1) is 11.7. The lowest BCUT2D eigenvalue weighted by Crippen LogP contribution is -2.12. The average molecular weight is 321 g/mol. The van der Waals surface area contributed by atoms with E-state index in [4.69, 9.17) is 5.73 Å². The number of anilines is 1. The molecular weight excluding hydrogens is 305 g/mol. The molecule has 24 heavy (non-hydrogen) atoms. The summed E-state index contributed by atoms with van der Waals surface area (Å²) < 4.78 is 14.7. The molecule has 0 saturated heterocycles. The molecule has 0 atom stereocenters. The third-order valence-corrected chi connectivity index (χ3v) is 3.93. The molecule has 3 N–H and O–H groups in total. The highest BCUT2D eigenvalue weighted by Gasteiger charge is 2.09. The quantitative estimate of drug-likeness (QED) is 0.606. The molecule has 0 aliphatic heterocycles. The molecule has 6 heteroatoms. The second kappa shape index (κ2) is 5.90. The molecule has 0 saturated carbocycles. The topological polar surface area (TPSA) is 68.2 Å². The van der Waals surface area contributed by atoms with E-state index in [9.17, 15) is 4.39 Å². The maximum atomic E-state index is 12.9. The highest BCUT2D eigenvalue weighted by atomic mass is 19.1. The van der Waals surface area contributed by atoms with Crippen LogP contribution in [0, 0.1) is 5.82 Å². The van der Waals surface area contributed by atoms with Crippen molar-refractivity contribution in [3.63, 3.8) is 0 Å². The van der Waals surface area contributed by atoms with Crippen LogP contribution >= 0.6 is 0 Å². The largest absolute Gasteiger partial charge is 0.369 e. The van der Waals surface area contributed by atoms with Crippen molar-refractivity contribution in [1.29, 1.82) is 0 Å². The van der Waals surface area contributed by atoms with Crippen LogP contribution in [-0.4, -0.2) is 14.4 Å². The Morgan fingerprint density at radius 1 is 1.00 bits per heavy atom. The van der Waals surface area contributed by atoms with E-state index in [0.29, 0.717) is 19.0 Å². The van der Waals surface area contributed by atoms with Crippen molar-refractivity contribution in [3.05, 3.63) is 71.8 Å². The van der Waals surface area contributed by atoms with Crippen LogP contribution in [0.25, 0.3) is 16.6 Å². The number of hydrogen-bond acceptors (Lipinski definition) is 4. The summed E-state index contributed by atoms with van der Waals surface area (Å²) in [6.07, 6.45) is 1.89. The Balaban J connectivity index is 1.57. The molecule has 2 aromatic carbocycles. The number of nitrogen functional groups attached to an aromatic ring is 1. The van der Waals surface area contributed by atoms with Crippen LogP contribution in [0.2, 0.25) is 0 Å². The minimum Gasteiger partial charge on any atom is -0.369 e. The van der Waals surface area contributed by atoms with Crippen LogP contribution in [-0.2, 0) is 13.1 Å². The van der Waals surface area contributed by atoms with Crippen LogP contribution in [0.4, 0.5) is 10.3 Å². The van der Waals surface area contributed by atoms with Crippen LogP contribution in [0.3, 0.4) is 0 Å². The molecule has 0 bridgehead atoms. The molecule has 0 fully saturated rings. The summed E-state index contributed by atoms with van der Waals surface area (Å²) in [5.41, 5.74) is 9.56. The Labute approximate surface area is 138 Å². The van der Waals surface area contributed by atoms with E-state index < -0.39 is 0 Å². The predicted octanol–water partition coefficient (Wildman–Crippen LogP) is 2.89. The number of nitrogens with zero attached hydrogens (tertiary/aromatic N) is 3. The Kier molecular flexibility index (Phi) is 3.59. The lowest BCUT2D eigenvalue weighted by Gasteiger charge is -2.02. The Hall–Kier alpha value is -2.99. The van der Waals surface area contributed by atoms with Gasteiger partial charge >= 0.3 is 0 Å². The summed E-state index contributed by atoms with van der Waals surface area (Å²) >= 11 is 0. The molecule has 5 nitrogen and oxygen atoms in total. The van der Waals surface area contributed by atoms with Gasteiger partial charge in [0.25, 0.3) is 0 Å². The maximum absolute atomic E-state index is 12.9. The van der Waals surface area contributed by atoms with E-state index in [0.717, 1.165) is 27.8 Å². The monoisotopic (exact) mass is 321 g/mol. The van der Waals surface area contributed by atoms with Gasteiger partial charge in [0.05, 0.1) is 11.2 Å². The molecule has 120 valence electrons. The molecule has 2 heterocycles. The van der Waals surface area contributed by atoms with Gasteiger partial charge in [-0.05, 0) is 29.8 Å². The van der Waals surface area contributed by atoms with Crippen molar-refractivity contribution in [2.24, 2.45) is 0 Å². The predicted molar refractivity (Wildman–Crippen MR) is 91.8 cm³/mol. The molecule has 0 amide bonds. The molecule has 0 aliphatic rings. The number of para-hydroxylation sites is 1. The van der Waals surface area contributed by atoms with Crippen LogP contribution in [0.1, 0.15) is 11.3 Å². The smallest absolute Gasteiger partial charge is 0.206 e. The Bertz CT molecular complexity index is 1010. The van der Waals surface area contributed by atoms with Gasteiger partial charge in [-0.3, -0.25) is 4.40 Å². The highest BCUT2D eigenvalue weighted by Crippen LogP contribution is 2.20. The molecule has 2 aromatic heterocycles. The van der Waals surface area contributed by atoms with Gasteiger partial charge in [0.2, 0.25) is 5.95 Å². The molecule has 0 spiro atoms. The van der Waals surface area contributed by atoms with Crippen molar-refractivity contribution < 1.29 is 4.39 Å². The van der Waals surface area contributed by atoms with Gasteiger partial charge in [0, 0.05) is 24.7 Å². The summed E-state index contributed by atoms with van der Waals surface area (Å²) in [6.45, 7) is 1.23. The fourth-order valence-corrected chi connectivity index (χ4v) is 2.75. The summed E-state index contributed by atoms with van der Waals surface area (Å²) in [7, 11) is 0. The first-order valence-corrected chi connectivity index (χ1v) is 7.68. The standard InChI is InChI=1S/C18H16FN5/c19-13-7-5-12(6-8-13)9-21-10-14-11-24-17(22-14)15-3-1-2-4-16(15)23-18(24)20/h1-8,11,21H,9-10H2,(H2,20,23). The first kappa shape index (κ1) is 14.6. The first-order valence-electron chi connectivity index (χ1n) is 7.68. The summed E-state index contributed by atoms with van der Waals surface area (Å²) in [4.78, 5) is 9.07. The van der Waals surface area contributed by atoms with E-state index >= 15 is 0 Å². The van der Waals surface area contributed by atoms with E-state index in [1.807, 2.05) is 30.5 Å². The number of nitrogens with one attached hydrogen (secondary N) is 1. The van der Waals surface area contributed by atoms with Gasteiger partial charge in [-0.25, -0.2) is 14.4 Å². The zero-order valence-corrected chi connectivity index (χ0v) is 12.9. The lowest BCUT2D eigenvalue weighted by molar-refractivity contribution is 0.624. The van der Waals surface area contributed by atoms with Crippen molar-refractivity contribution in [2.75, 3.05) is 5.73 Å². The van der Waals surface area contributed by atoms with Gasteiger partial charge in [0.1, 0.15) is 11.5 Å². The van der Waals surface area contributed by atoms with Gasteiger partial charge < -0.3 is 11.1 Å². The third-order valence-electron chi connectivity index (χ3n) is 3.93. The molecule has 0 aliphatic carbocycles. The van der Waals surface area contributed by atoms with Crippen molar-refractivity contribution >= 4 is 22.5 Å². The second-order valence-electron chi connectivity index (χ2n) is 5.64. The number of fused-ring (bicyclic) bond motifs is 3. The van der Waals surface area contributed by atoms with Gasteiger partial charge in [-0.15, -0.1) is 0 Å². The highest BCUT2D eigenvalue weighted by molar-refractivity contribution is 5.92. The van der Waals surface area contributed by atoms with Crippen LogP contribution in [0.5, 0.6) is 0 Å². The summed E-state index contributed by atoms with van der Waals surface area (Å²) in [5.74, 6) is 0.190. The molecule has 0 unspecified atom stereocenters. The Morgan fingerprint density at radius 3 is 2.62 bits per heavy atom. The van der Waals surface area contributed by atoms with Crippen molar-refractivity contribution in [1.82, 2.24) is 19.7 Å². The number of hydrogen-bond donors (Lipinski definition) is 2. The number of nitrogens with two attached hydrogens (primary N) is 1. The van der Waals surface area contributed by atoms with Crippen molar-refractivity contribution in [2.45, 2.75) is 13.1 Å². The average Bonchev–Trinajstić information content (AvgIpc) is 3.02. The third kappa shape index (κ3) is 2.68. The Morgan fingerprint density at radius 2 is 1.79 bits per heavy atom. The van der Waals surface area contributed by atoms with Gasteiger partial charge in [-0.2, -0.15) is 0 Å². The lowest BCUT2D eigenvalue weighted by atomic mass is 10.2. The van der Waals surface area contributed by atoms with Crippen molar-refractivity contribution in [3.8, 4) is 0 Å². The van der Waals surface area contributed by atoms with Gasteiger partial charge in [0.15, 0.2) is 0 Å². The van der Waals surface area contributed by atoms with Crippen LogP contribution in [0.15, 0.2) is 54.7 Å². The molecule has 4 rings (SSSR count). The number of halogens is 1. The van der Waals surface area contributed by atoms with E-state index in [1.165, 1.54) is 12.1 Å². The second-order valence-corrected chi connectivity index (χ2v) is 5.64. The van der Waals surface area contributed by atoms with E-state index in [1.54, 1.807) is 16.5 Å². The SMILES string of the molecule is Nc1nc2ccccc2c2nc(CNCc3ccc(F)cc3)cn12. The minimum atomic E-state index is -0.228. The minimum absolute atomic E-state index is 0.228. The normalized spacial score (nSPS) is 11.4.